The molecule has 0 aliphatic carbocycles. The highest BCUT2D eigenvalue weighted by atomic mass is 35.5. The maximum atomic E-state index is 12.1. The number of nitrogens with zero attached hydrogens (tertiary/aromatic N) is 4. The average molecular weight is 430 g/mol. The van der Waals surface area contributed by atoms with Gasteiger partial charge in [0, 0.05) is 42.0 Å². The first kappa shape index (κ1) is 20.2. The number of hydrogen-bond acceptors (Lipinski definition) is 5. The van der Waals surface area contributed by atoms with Crippen LogP contribution < -0.4 is 10.8 Å². The molecule has 4 rings (SSSR count). The van der Waals surface area contributed by atoms with Crippen LogP contribution in [-0.2, 0) is 10.0 Å². The van der Waals surface area contributed by atoms with Crippen molar-refractivity contribution in [2.45, 2.75) is 25.8 Å². The number of fused-ring (bicyclic) bond motifs is 1. The molecule has 10 heteroatoms. The Kier molecular flexibility index (Phi) is 5.55. The van der Waals surface area contributed by atoms with Crippen LogP contribution >= 0.6 is 11.6 Å². The van der Waals surface area contributed by atoms with Crippen LogP contribution in [-0.4, -0.2) is 60.1 Å². The molecule has 1 N–H and O–H groups in total. The smallest absolute Gasteiger partial charge is 0.213 e. The first-order valence-corrected chi connectivity index (χ1v) is 11.5. The van der Waals surface area contributed by atoms with Gasteiger partial charge in [-0.1, -0.05) is 29.8 Å². The molecule has 150 valence electrons. The summed E-state index contributed by atoms with van der Waals surface area (Å²) in [6, 6.07) is 9.52. The Morgan fingerprint density at radius 1 is 1.28 bits per heavy atom. The second kappa shape index (κ2) is 7.97. The second-order valence-electron chi connectivity index (χ2n) is 7.06. The highest BCUT2D eigenvalue weighted by molar-refractivity contribution is 7.89. The van der Waals surface area contributed by atoms with Crippen LogP contribution in [0.3, 0.4) is 0 Å². The third-order valence-corrected chi connectivity index (χ3v) is 7.42. The van der Waals surface area contributed by atoms with Crippen LogP contribution in [0.1, 0.15) is 19.8 Å². The summed E-state index contributed by atoms with van der Waals surface area (Å²) < 4.78 is 27.4. The molecule has 7 nitrogen and oxygen atoms in total. The molecule has 1 aliphatic heterocycles. The van der Waals surface area contributed by atoms with Gasteiger partial charge in [-0.2, -0.15) is 9.61 Å². The largest absolute Gasteiger partial charge is 0.367 e. The van der Waals surface area contributed by atoms with Crippen molar-refractivity contribution >= 4 is 46.4 Å². The molecule has 1 fully saturated rings. The molecule has 2 aromatic heterocycles. The standard InChI is InChI=1S/C19H21BClN5O2S/c1-2-29(27,28)25-9-7-13(8-10-25)23-18-11-17(14-5-3-4-6-16(14)21)24-19-15(20)12-22-26(18)19/h3-6,11-13,23H,2,7-10H2,1H3. The van der Waals surface area contributed by atoms with Crippen LogP contribution in [0.25, 0.3) is 16.9 Å². The summed E-state index contributed by atoms with van der Waals surface area (Å²) in [4.78, 5) is 4.64. The summed E-state index contributed by atoms with van der Waals surface area (Å²) in [5.41, 5.74) is 2.54. The lowest BCUT2D eigenvalue weighted by molar-refractivity contribution is 0.329. The molecule has 0 spiro atoms. The van der Waals surface area contributed by atoms with E-state index >= 15 is 0 Å². The zero-order chi connectivity index (χ0) is 20.6. The van der Waals surface area contributed by atoms with Gasteiger partial charge in [0.25, 0.3) is 0 Å². The van der Waals surface area contributed by atoms with Gasteiger partial charge in [-0.25, -0.2) is 17.7 Å². The molecule has 2 radical (unpaired) electrons. The number of hydrogen-bond donors (Lipinski definition) is 1. The Morgan fingerprint density at radius 2 is 2.00 bits per heavy atom. The van der Waals surface area contributed by atoms with Crippen molar-refractivity contribution in [1.29, 1.82) is 0 Å². The average Bonchev–Trinajstić information content (AvgIpc) is 3.10. The van der Waals surface area contributed by atoms with Crippen molar-refractivity contribution in [1.82, 2.24) is 18.9 Å². The van der Waals surface area contributed by atoms with Gasteiger partial charge in [-0.3, -0.25) is 0 Å². The predicted molar refractivity (Wildman–Crippen MR) is 116 cm³/mol. The Bertz CT molecular complexity index is 1140. The minimum Gasteiger partial charge on any atom is -0.367 e. The Labute approximate surface area is 176 Å². The number of aromatic nitrogens is 3. The normalized spacial score (nSPS) is 16.3. The number of halogens is 1. The molecule has 0 saturated carbocycles. The second-order valence-corrected chi connectivity index (χ2v) is 9.72. The fraction of sp³-hybridized carbons (Fsp3) is 0.368. The van der Waals surface area contributed by atoms with Gasteiger partial charge in [0.05, 0.1) is 11.4 Å². The maximum absolute atomic E-state index is 12.1. The molecular weight excluding hydrogens is 409 g/mol. The van der Waals surface area contributed by atoms with Gasteiger partial charge in [-0.15, -0.1) is 0 Å². The van der Waals surface area contributed by atoms with Crippen molar-refractivity contribution in [3.05, 3.63) is 41.6 Å². The highest BCUT2D eigenvalue weighted by Gasteiger charge is 2.27. The van der Waals surface area contributed by atoms with Gasteiger partial charge in [0.2, 0.25) is 10.0 Å². The topological polar surface area (TPSA) is 79.6 Å². The molecule has 0 bridgehead atoms. The van der Waals surface area contributed by atoms with Gasteiger partial charge in [0.15, 0.2) is 5.65 Å². The first-order valence-electron chi connectivity index (χ1n) is 9.52. The van der Waals surface area contributed by atoms with E-state index < -0.39 is 10.0 Å². The van der Waals surface area contributed by atoms with E-state index in [1.807, 2.05) is 30.3 Å². The van der Waals surface area contributed by atoms with Gasteiger partial charge >= 0.3 is 0 Å². The number of anilines is 1. The maximum Gasteiger partial charge on any atom is 0.213 e. The van der Waals surface area contributed by atoms with E-state index in [0.717, 1.165) is 11.4 Å². The van der Waals surface area contributed by atoms with Crippen LogP contribution in [0.15, 0.2) is 36.5 Å². The van der Waals surface area contributed by atoms with E-state index in [1.54, 1.807) is 21.9 Å². The summed E-state index contributed by atoms with van der Waals surface area (Å²) in [5, 5.41) is 8.44. The minimum atomic E-state index is -3.15. The lowest BCUT2D eigenvalue weighted by Crippen LogP contribution is -2.43. The zero-order valence-corrected chi connectivity index (χ0v) is 17.6. The fourth-order valence-corrected chi connectivity index (χ4v) is 4.92. The summed E-state index contributed by atoms with van der Waals surface area (Å²) in [6.07, 6.45) is 2.99. The molecule has 3 heterocycles. The molecule has 0 amide bonds. The zero-order valence-electron chi connectivity index (χ0n) is 16.0. The van der Waals surface area contributed by atoms with Crippen LogP contribution in [0.2, 0.25) is 5.02 Å². The predicted octanol–water partition coefficient (Wildman–Crippen LogP) is 2.07. The van der Waals surface area contributed by atoms with Gasteiger partial charge in [-0.05, 0) is 31.3 Å². The van der Waals surface area contributed by atoms with Crippen molar-refractivity contribution in [2.75, 3.05) is 24.2 Å². The molecule has 1 aliphatic rings. The van der Waals surface area contributed by atoms with Crippen LogP contribution in [0.4, 0.5) is 5.82 Å². The lowest BCUT2D eigenvalue weighted by atomic mass is 10.0. The van der Waals surface area contributed by atoms with Crippen molar-refractivity contribution < 1.29 is 8.42 Å². The van der Waals surface area contributed by atoms with Gasteiger partial charge in [0.1, 0.15) is 13.7 Å². The third kappa shape index (κ3) is 3.99. The summed E-state index contributed by atoms with van der Waals surface area (Å²) in [5.74, 6) is 0.877. The quantitative estimate of drug-likeness (QED) is 0.628. The van der Waals surface area contributed by atoms with Crippen LogP contribution in [0.5, 0.6) is 0 Å². The number of nitrogens with one attached hydrogen (secondary N) is 1. The first-order chi connectivity index (χ1) is 13.9. The minimum absolute atomic E-state index is 0.119. The Balaban J connectivity index is 1.63. The van der Waals surface area contributed by atoms with Crippen LogP contribution in [0, 0.1) is 0 Å². The van der Waals surface area contributed by atoms with E-state index in [-0.39, 0.29) is 11.8 Å². The lowest BCUT2D eigenvalue weighted by Gasteiger charge is -2.32. The number of sulfonamides is 1. The Hall–Kier alpha value is -2.10. The third-order valence-electron chi connectivity index (χ3n) is 5.21. The van der Waals surface area contributed by atoms with Crippen molar-refractivity contribution in [2.24, 2.45) is 0 Å². The van der Waals surface area contributed by atoms with E-state index in [0.29, 0.717) is 47.8 Å². The summed E-state index contributed by atoms with van der Waals surface area (Å²) >= 11 is 6.36. The fourth-order valence-electron chi connectivity index (χ4n) is 3.56. The molecule has 0 atom stereocenters. The van der Waals surface area contributed by atoms with Crippen molar-refractivity contribution in [3.8, 4) is 11.3 Å². The molecule has 29 heavy (non-hydrogen) atoms. The van der Waals surface area contributed by atoms with E-state index in [2.05, 4.69) is 15.4 Å². The van der Waals surface area contributed by atoms with E-state index in [9.17, 15) is 8.42 Å². The monoisotopic (exact) mass is 429 g/mol. The Morgan fingerprint density at radius 3 is 2.69 bits per heavy atom. The molecule has 1 aromatic carbocycles. The number of benzene rings is 1. The molecule has 0 unspecified atom stereocenters. The highest BCUT2D eigenvalue weighted by Crippen LogP contribution is 2.29. The SMILES string of the molecule is [B]c1cnn2c(NC3CCN(S(=O)(=O)CC)CC3)cc(-c3ccccc3Cl)nc12. The summed E-state index contributed by atoms with van der Waals surface area (Å²) in [6.45, 7) is 2.67. The van der Waals surface area contributed by atoms with E-state index in [4.69, 9.17) is 19.4 Å². The number of rotatable bonds is 5. The van der Waals surface area contributed by atoms with E-state index in [1.165, 1.54) is 0 Å². The molecule has 1 saturated heterocycles. The van der Waals surface area contributed by atoms with Gasteiger partial charge < -0.3 is 5.32 Å². The number of piperidine rings is 1. The molecular formula is C19H21BClN5O2S. The van der Waals surface area contributed by atoms with Crippen molar-refractivity contribution in [3.63, 3.8) is 0 Å². The molecule has 3 aromatic rings. The summed E-state index contributed by atoms with van der Waals surface area (Å²) in [7, 11) is 2.92.